The van der Waals surface area contributed by atoms with E-state index in [4.69, 9.17) is 0 Å². The van der Waals surface area contributed by atoms with Gasteiger partial charge in [-0.1, -0.05) is 39.0 Å². The minimum atomic E-state index is -0.198. The molecular formula is C22H33N4O2+. The Balaban J connectivity index is 1.67. The van der Waals surface area contributed by atoms with Crippen LogP contribution in [0, 0.1) is 11.8 Å². The van der Waals surface area contributed by atoms with Crippen LogP contribution in [0.15, 0.2) is 29.1 Å². The molecule has 0 unspecified atom stereocenters. The largest absolute Gasteiger partial charge is 0.350 e. The van der Waals surface area contributed by atoms with E-state index in [2.05, 4.69) is 17.3 Å². The van der Waals surface area contributed by atoms with E-state index in [-0.39, 0.29) is 17.4 Å². The third-order valence-electron chi connectivity index (χ3n) is 5.59. The van der Waals surface area contributed by atoms with Crippen LogP contribution in [0.2, 0.25) is 0 Å². The molecule has 2 heterocycles. The predicted octanol–water partition coefficient (Wildman–Crippen LogP) is 1.49. The molecule has 28 heavy (non-hydrogen) atoms. The van der Waals surface area contributed by atoms with Crippen molar-refractivity contribution in [1.29, 1.82) is 0 Å². The summed E-state index contributed by atoms with van der Waals surface area (Å²) in [7, 11) is 0. The highest BCUT2D eigenvalue weighted by Gasteiger charge is 2.19. The van der Waals surface area contributed by atoms with Gasteiger partial charge in [-0.15, -0.1) is 0 Å². The number of amides is 1. The van der Waals surface area contributed by atoms with Crippen molar-refractivity contribution >= 4 is 16.7 Å². The molecule has 0 bridgehead atoms. The van der Waals surface area contributed by atoms with E-state index < -0.39 is 0 Å². The van der Waals surface area contributed by atoms with Crippen LogP contribution >= 0.6 is 0 Å². The molecule has 1 aromatic carbocycles. The van der Waals surface area contributed by atoms with E-state index >= 15 is 0 Å². The van der Waals surface area contributed by atoms with Gasteiger partial charge in [-0.2, -0.15) is 5.10 Å². The summed E-state index contributed by atoms with van der Waals surface area (Å²) in [5.74, 6) is 0.929. The van der Waals surface area contributed by atoms with Crippen LogP contribution in [0.25, 0.3) is 10.8 Å². The summed E-state index contributed by atoms with van der Waals surface area (Å²) in [5.41, 5.74) is 0.207. The minimum Gasteiger partial charge on any atom is -0.350 e. The highest BCUT2D eigenvalue weighted by Crippen LogP contribution is 2.13. The number of hydrogen-bond donors (Lipinski definition) is 2. The summed E-state index contributed by atoms with van der Waals surface area (Å²) in [6, 6.07) is 7.24. The minimum absolute atomic E-state index is 0.135. The van der Waals surface area contributed by atoms with Gasteiger partial charge in [0.15, 0.2) is 5.69 Å². The number of benzene rings is 1. The number of rotatable bonds is 7. The second-order valence-corrected chi connectivity index (χ2v) is 8.57. The Morgan fingerprint density at radius 3 is 2.61 bits per heavy atom. The second kappa shape index (κ2) is 9.32. The maximum absolute atomic E-state index is 12.8. The average molecular weight is 386 g/mol. The first-order valence-electron chi connectivity index (χ1n) is 10.6. The number of hydrogen-bond acceptors (Lipinski definition) is 3. The number of aromatic nitrogens is 2. The lowest BCUT2D eigenvalue weighted by Gasteiger charge is -2.27. The number of fused-ring (bicyclic) bond motifs is 1. The molecular weight excluding hydrogens is 352 g/mol. The predicted molar refractivity (Wildman–Crippen MR) is 112 cm³/mol. The molecule has 1 amide bonds. The van der Waals surface area contributed by atoms with Crippen molar-refractivity contribution in [1.82, 2.24) is 15.1 Å². The number of carbonyl (C=O) groups is 1. The number of nitrogens with one attached hydrogen (secondary N) is 2. The fourth-order valence-corrected chi connectivity index (χ4v) is 3.92. The van der Waals surface area contributed by atoms with Crippen LogP contribution in [0.5, 0.6) is 0 Å². The third kappa shape index (κ3) is 4.98. The van der Waals surface area contributed by atoms with Gasteiger partial charge >= 0.3 is 0 Å². The maximum Gasteiger partial charge on any atom is 0.274 e. The lowest BCUT2D eigenvalue weighted by atomic mass is 9.99. The molecule has 1 fully saturated rings. The van der Waals surface area contributed by atoms with Gasteiger partial charge in [0.25, 0.3) is 11.5 Å². The molecule has 1 aliphatic rings. The van der Waals surface area contributed by atoms with Crippen LogP contribution in [0.3, 0.4) is 0 Å². The average Bonchev–Trinajstić information content (AvgIpc) is 2.68. The van der Waals surface area contributed by atoms with Gasteiger partial charge < -0.3 is 10.2 Å². The van der Waals surface area contributed by atoms with E-state index in [9.17, 15) is 9.59 Å². The SMILES string of the molecule is CC(C)Cn1nc(C(=O)NCCC[NH+]2CCC(C)CC2)c2ccccc2c1=O. The van der Waals surface area contributed by atoms with Crippen LogP contribution in [0.4, 0.5) is 0 Å². The topological polar surface area (TPSA) is 68.4 Å². The number of likely N-dealkylation sites (tertiary alicyclic amines) is 1. The summed E-state index contributed by atoms with van der Waals surface area (Å²) in [4.78, 5) is 27.1. The van der Waals surface area contributed by atoms with Gasteiger partial charge in [0.2, 0.25) is 0 Å². The first-order valence-corrected chi connectivity index (χ1v) is 10.6. The first-order chi connectivity index (χ1) is 13.5. The molecule has 0 spiro atoms. The smallest absolute Gasteiger partial charge is 0.274 e. The van der Waals surface area contributed by atoms with Gasteiger partial charge in [0, 0.05) is 24.9 Å². The molecule has 0 aliphatic carbocycles. The zero-order valence-electron chi connectivity index (χ0n) is 17.3. The Labute approximate surface area is 166 Å². The molecule has 0 radical (unpaired) electrons. The Hall–Kier alpha value is -2.21. The zero-order chi connectivity index (χ0) is 20.1. The van der Waals surface area contributed by atoms with Crippen LogP contribution in [-0.4, -0.2) is 41.9 Å². The number of quaternary nitrogens is 1. The monoisotopic (exact) mass is 385 g/mol. The normalized spacial score (nSPS) is 19.9. The Morgan fingerprint density at radius 1 is 1.25 bits per heavy atom. The van der Waals surface area contributed by atoms with Gasteiger partial charge in [0.1, 0.15) is 0 Å². The number of piperidine rings is 1. The van der Waals surface area contributed by atoms with Crippen LogP contribution in [0.1, 0.15) is 50.5 Å². The highest BCUT2D eigenvalue weighted by molar-refractivity contribution is 6.04. The molecule has 1 saturated heterocycles. The Morgan fingerprint density at radius 2 is 1.93 bits per heavy atom. The van der Waals surface area contributed by atoms with E-state index in [0.29, 0.717) is 29.6 Å². The van der Waals surface area contributed by atoms with E-state index in [1.165, 1.54) is 30.6 Å². The fraction of sp³-hybridized carbons (Fsp3) is 0.591. The van der Waals surface area contributed by atoms with E-state index in [1.54, 1.807) is 17.0 Å². The van der Waals surface area contributed by atoms with Gasteiger partial charge in [-0.05, 0) is 30.7 Å². The molecule has 1 aliphatic heterocycles. The van der Waals surface area contributed by atoms with Crippen LogP contribution < -0.4 is 15.8 Å². The van der Waals surface area contributed by atoms with Crippen molar-refractivity contribution in [2.24, 2.45) is 11.8 Å². The molecule has 3 rings (SSSR count). The van der Waals surface area contributed by atoms with Gasteiger partial charge in [-0.25, -0.2) is 4.68 Å². The fourth-order valence-electron chi connectivity index (χ4n) is 3.92. The van der Waals surface area contributed by atoms with Crippen molar-refractivity contribution in [2.75, 3.05) is 26.2 Å². The third-order valence-corrected chi connectivity index (χ3v) is 5.59. The Bertz CT molecular complexity index is 866. The summed E-state index contributed by atoms with van der Waals surface area (Å²) in [5, 5.41) is 8.59. The standard InChI is InChI=1S/C22H32N4O2/c1-16(2)15-26-22(28)19-8-5-4-7-18(19)20(24-26)21(27)23-11-6-12-25-13-9-17(3)10-14-25/h4-5,7-8,16-17H,6,9-15H2,1-3H3,(H,23,27)/p+1. The molecule has 2 N–H and O–H groups in total. The quantitative estimate of drug-likeness (QED) is 0.710. The van der Waals surface area contributed by atoms with Crippen molar-refractivity contribution in [3.05, 3.63) is 40.3 Å². The first kappa shape index (κ1) is 20.5. The summed E-state index contributed by atoms with van der Waals surface area (Å²) in [6.07, 6.45) is 3.56. The van der Waals surface area contributed by atoms with Crippen molar-refractivity contribution < 1.29 is 9.69 Å². The maximum atomic E-state index is 12.8. The van der Waals surface area contributed by atoms with Crippen molar-refractivity contribution in [3.63, 3.8) is 0 Å². The van der Waals surface area contributed by atoms with Crippen LogP contribution in [-0.2, 0) is 6.54 Å². The summed E-state index contributed by atoms with van der Waals surface area (Å²) >= 11 is 0. The molecule has 6 heteroatoms. The molecule has 1 aromatic heterocycles. The molecule has 6 nitrogen and oxygen atoms in total. The lowest BCUT2D eigenvalue weighted by Crippen LogP contribution is -3.13. The van der Waals surface area contributed by atoms with Gasteiger partial charge in [0.05, 0.1) is 25.0 Å². The second-order valence-electron chi connectivity index (χ2n) is 8.57. The lowest BCUT2D eigenvalue weighted by molar-refractivity contribution is -0.906. The number of nitrogens with zero attached hydrogens (tertiary/aromatic N) is 2. The summed E-state index contributed by atoms with van der Waals surface area (Å²) in [6.45, 7) is 11.1. The van der Waals surface area contributed by atoms with Crippen molar-refractivity contribution in [3.8, 4) is 0 Å². The molecule has 0 saturated carbocycles. The number of carbonyl (C=O) groups excluding carboxylic acids is 1. The molecule has 2 aromatic rings. The zero-order valence-corrected chi connectivity index (χ0v) is 17.3. The molecule has 0 atom stereocenters. The highest BCUT2D eigenvalue weighted by atomic mass is 16.2. The van der Waals surface area contributed by atoms with E-state index in [1.807, 2.05) is 26.0 Å². The van der Waals surface area contributed by atoms with E-state index in [0.717, 1.165) is 18.9 Å². The van der Waals surface area contributed by atoms with Crippen molar-refractivity contribution in [2.45, 2.75) is 46.6 Å². The summed E-state index contributed by atoms with van der Waals surface area (Å²) < 4.78 is 1.43. The van der Waals surface area contributed by atoms with Gasteiger partial charge in [-0.3, -0.25) is 9.59 Å². The Kier molecular flexibility index (Phi) is 6.83. The molecule has 152 valence electrons.